The van der Waals surface area contributed by atoms with Gasteiger partial charge in [-0.1, -0.05) is 6.07 Å². The minimum absolute atomic E-state index is 0.160. The van der Waals surface area contributed by atoms with Crippen LogP contribution in [0.25, 0.3) is 0 Å². The second kappa shape index (κ2) is 4.14. The Morgan fingerprint density at radius 2 is 2.00 bits per heavy atom. The molecule has 1 aliphatic heterocycles. The van der Waals surface area contributed by atoms with E-state index < -0.39 is 6.10 Å². The molecule has 0 amide bonds. The summed E-state index contributed by atoms with van der Waals surface area (Å²) in [7, 11) is 0. The average molecular weight is 258 g/mol. The molecule has 0 bridgehead atoms. The van der Waals surface area contributed by atoms with Crippen LogP contribution in [0.15, 0.2) is 34.7 Å². The summed E-state index contributed by atoms with van der Waals surface area (Å²) in [6.07, 6.45) is 0.141. The van der Waals surface area contributed by atoms with Gasteiger partial charge in [0.05, 0.1) is 0 Å². The molecule has 1 aromatic carbocycles. The summed E-state index contributed by atoms with van der Waals surface area (Å²) in [4.78, 5) is 0. The van der Waals surface area contributed by atoms with Crippen molar-refractivity contribution < 1.29 is 14.3 Å². The molecule has 1 aliphatic rings. The molecule has 3 heteroatoms. The predicted molar refractivity (Wildman–Crippen MR) is 72.4 cm³/mol. The molecule has 1 unspecified atom stereocenters. The molecule has 0 fully saturated rings. The van der Waals surface area contributed by atoms with Crippen molar-refractivity contribution in [3.63, 3.8) is 0 Å². The van der Waals surface area contributed by atoms with E-state index in [1.807, 2.05) is 37.3 Å². The molecule has 19 heavy (non-hydrogen) atoms. The zero-order chi connectivity index (χ0) is 13.6. The number of aryl methyl sites for hydroxylation is 1. The van der Waals surface area contributed by atoms with Gasteiger partial charge in [0, 0.05) is 6.42 Å². The highest BCUT2D eigenvalue weighted by Crippen LogP contribution is 2.37. The van der Waals surface area contributed by atoms with Crippen molar-refractivity contribution in [3.8, 4) is 5.75 Å². The number of aliphatic hydroxyl groups excluding tert-OH is 1. The average Bonchev–Trinajstić information content (AvgIpc) is 2.88. The number of hydrogen-bond acceptors (Lipinski definition) is 3. The molecule has 2 heterocycles. The molecular formula is C16H18O3. The summed E-state index contributed by atoms with van der Waals surface area (Å²) in [5.41, 5.74) is 1.83. The fraction of sp³-hybridized carbons (Fsp3) is 0.375. The van der Waals surface area contributed by atoms with Gasteiger partial charge in [0.2, 0.25) is 0 Å². The fourth-order valence-corrected chi connectivity index (χ4v) is 2.56. The molecule has 2 aromatic rings. The lowest BCUT2D eigenvalue weighted by Crippen LogP contribution is -2.24. The smallest absolute Gasteiger partial charge is 0.137 e. The summed E-state index contributed by atoms with van der Waals surface area (Å²) in [5, 5.41) is 10.3. The number of hydrogen-bond donors (Lipinski definition) is 1. The van der Waals surface area contributed by atoms with Gasteiger partial charge in [0.15, 0.2) is 0 Å². The van der Waals surface area contributed by atoms with E-state index in [-0.39, 0.29) is 5.60 Å². The first-order chi connectivity index (χ1) is 8.94. The monoisotopic (exact) mass is 258 g/mol. The quantitative estimate of drug-likeness (QED) is 0.898. The second-order valence-corrected chi connectivity index (χ2v) is 5.76. The van der Waals surface area contributed by atoms with Crippen molar-refractivity contribution in [2.75, 3.05) is 0 Å². The maximum Gasteiger partial charge on any atom is 0.137 e. The Kier molecular flexibility index (Phi) is 2.68. The molecule has 0 aliphatic carbocycles. The van der Waals surface area contributed by atoms with Crippen LogP contribution in [0.2, 0.25) is 0 Å². The standard InChI is InChI=1S/C16H18O3/c1-10-4-6-14(18-10)15(17)11-5-7-13-12(8-11)9-16(2,3)19-13/h4-8,15,17H,9H2,1-3H3. The van der Waals surface area contributed by atoms with Crippen LogP contribution in [0.3, 0.4) is 0 Å². The van der Waals surface area contributed by atoms with Crippen LogP contribution in [-0.2, 0) is 6.42 Å². The zero-order valence-electron chi connectivity index (χ0n) is 11.4. The number of fused-ring (bicyclic) bond motifs is 1. The highest BCUT2D eigenvalue weighted by atomic mass is 16.5. The lowest BCUT2D eigenvalue weighted by molar-refractivity contribution is 0.138. The Morgan fingerprint density at radius 1 is 1.21 bits per heavy atom. The highest BCUT2D eigenvalue weighted by molar-refractivity contribution is 5.43. The molecule has 0 spiro atoms. The third-order valence-electron chi connectivity index (χ3n) is 3.43. The SMILES string of the molecule is Cc1ccc(C(O)c2ccc3c(c2)CC(C)(C)O3)o1. The Morgan fingerprint density at radius 3 is 2.68 bits per heavy atom. The van der Waals surface area contributed by atoms with Gasteiger partial charge in [-0.3, -0.25) is 0 Å². The first kappa shape index (κ1) is 12.3. The van der Waals surface area contributed by atoms with Crippen LogP contribution in [0.5, 0.6) is 5.75 Å². The molecule has 100 valence electrons. The Bertz CT molecular complexity index is 610. The molecule has 0 saturated carbocycles. The second-order valence-electron chi connectivity index (χ2n) is 5.76. The van der Waals surface area contributed by atoms with Gasteiger partial charge in [-0.05, 0) is 56.2 Å². The predicted octanol–water partition coefficient (Wildman–Crippen LogP) is 3.38. The van der Waals surface area contributed by atoms with Gasteiger partial charge in [-0.25, -0.2) is 0 Å². The lowest BCUT2D eigenvalue weighted by Gasteiger charge is -2.16. The third kappa shape index (κ3) is 2.26. The van der Waals surface area contributed by atoms with Crippen LogP contribution in [0.4, 0.5) is 0 Å². The fourth-order valence-electron chi connectivity index (χ4n) is 2.56. The highest BCUT2D eigenvalue weighted by Gasteiger charge is 2.30. The molecule has 1 aromatic heterocycles. The van der Waals surface area contributed by atoms with Crippen molar-refractivity contribution in [1.29, 1.82) is 0 Å². The minimum Gasteiger partial charge on any atom is -0.487 e. The summed E-state index contributed by atoms with van der Waals surface area (Å²) in [6, 6.07) is 9.50. The maximum atomic E-state index is 10.3. The number of benzene rings is 1. The largest absolute Gasteiger partial charge is 0.487 e. The molecule has 0 saturated heterocycles. The van der Waals surface area contributed by atoms with Gasteiger partial charge >= 0.3 is 0 Å². The molecule has 1 atom stereocenters. The molecule has 3 nitrogen and oxygen atoms in total. The summed E-state index contributed by atoms with van der Waals surface area (Å²) in [6.45, 7) is 6.01. The van der Waals surface area contributed by atoms with Crippen LogP contribution in [0.1, 0.15) is 42.6 Å². The van der Waals surface area contributed by atoms with E-state index in [9.17, 15) is 5.11 Å². The van der Waals surface area contributed by atoms with E-state index in [1.165, 1.54) is 0 Å². The number of furan rings is 1. The molecule has 3 rings (SSSR count). The normalized spacial score (nSPS) is 17.9. The van der Waals surface area contributed by atoms with Gasteiger partial charge < -0.3 is 14.3 Å². The third-order valence-corrected chi connectivity index (χ3v) is 3.43. The Hall–Kier alpha value is -1.74. The van der Waals surface area contributed by atoms with Crippen LogP contribution < -0.4 is 4.74 Å². The van der Waals surface area contributed by atoms with Gasteiger partial charge in [-0.15, -0.1) is 0 Å². The van der Waals surface area contributed by atoms with Crippen LogP contribution >= 0.6 is 0 Å². The van der Waals surface area contributed by atoms with E-state index in [4.69, 9.17) is 9.15 Å². The number of ether oxygens (including phenoxy) is 1. The molecular weight excluding hydrogens is 240 g/mol. The van der Waals surface area contributed by atoms with Crippen molar-refractivity contribution >= 4 is 0 Å². The number of rotatable bonds is 2. The Balaban J connectivity index is 1.92. The van der Waals surface area contributed by atoms with Crippen LogP contribution in [0, 0.1) is 6.92 Å². The van der Waals surface area contributed by atoms with Crippen molar-refractivity contribution in [1.82, 2.24) is 0 Å². The van der Waals surface area contributed by atoms with E-state index in [1.54, 1.807) is 0 Å². The zero-order valence-corrected chi connectivity index (χ0v) is 11.4. The Labute approximate surface area is 112 Å². The molecule has 1 N–H and O–H groups in total. The van der Waals surface area contributed by atoms with Gasteiger partial charge in [-0.2, -0.15) is 0 Å². The van der Waals surface area contributed by atoms with Crippen molar-refractivity contribution in [2.24, 2.45) is 0 Å². The number of aliphatic hydroxyl groups is 1. The summed E-state index contributed by atoms with van der Waals surface area (Å²) in [5.74, 6) is 2.30. The topological polar surface area (TPSA) is 42.6 Å². The van der Waals surface area contributed by atoms with E-state index in [0.717, 1.165) is 29.1 Å². The lowest BCUT2D eigenvalue weighted by atomic mass is 9.98. The van der Waals surface area contributed by atoms with E-state index in [0.29, 0.717) is 5.76 Å². The summed E-state index contributed by atoms with van der Waals surface area (Å²) >= 11 is 0. The van der Waals surface area contributed by atoms with Gasteiger partial charge in [0.25, 0.3) is 0 Å². The first-order valence-electron chi connectivity index (χ1n) is 6.51. The van der Waals surface area contributed by atoms with Gasteiger partial charge in [0.1, 0.15) is 29.0 Å². The maximum absolute atomic E-state index is 10.3. The van der Waals surface area contributed by atoms with E-state index >= 15 is 0 Å². The first-order valence-corrected chi connectivity index (χ1v) is 6.51. The van der Waals surface area contributed by atoms with E-state index in [2.05, 4.69) is 13.8 Å². The van der Waals surface area contributed by atoms with Crippen LogP contribution in [-0.4, -0.2) is 10.7 Å². The summed E-state index contributed by atoms with van der Waals surface area (Å²) < 4.78 is 11.3. The molecule has 0 radical (unpaired) electrons. The van der Waals surface area contributed by atoms with Crippen molar-refractivity contribution in [2.45, 2.75) is 38.9 Å². The minimum atomic E-state index is -0.720. The van der Waals surface area contributed by atoms with Crippen molar-refractivity contribution in [3.05, 3.63) is 53.0 Å².